The molecule has 2 fully saturated rings. The number of benzene rings is 2. The van der Waals surface area contributed by atoms with Crippen LogP contribution in [-0.4, -0.2) is 95.4 Å². The molecule has 9 nitrogen and oxygen atoms in total. The summed E-state index contributed by atoms with van der Waals surface area (Å²) in [5, 5.41) is 33.2. The van der Waals surface area contributed by atoms with Crippen LogP contribution in [0.2, 0.25) is 0 Å². The van der Waals surface area contributed by atoms with E-state index in [4.69, 9.17) is 23.7 Å². The van der Waals surface area contributed by atoms with Gasteiger partial charge in [-0.1, -0.05) is 48.6 Å². The highest BCUT2D eigenvalue weighted by molar-refractivity contribution is 5.94. The van der Waals surface area contributed by atoms with Crippen molar-refractivity contribution in [2.45, 2.75) is 99.8 Å². The zero-order valence-electron chi connectivity index (χ0n) is 23.6. The van der Waals surface area contributed by atoms with Gasteiger partial charge in [0.15, 0.2) is 5.78 Å². The summed E-state index contributed by atoms with van der Waals surface area (Å²) in [5.74, 6) is -0.234. The van der Waals surface area contributed by atoms with Gasteiger partial charge in [-0.15, -0.1) is 0 Å². The second-order valence-electron chi connectivity index (χ2n) is 11.7. The molecule has 2 aromatic carbocycles. The average molecular weight is 581 g/mol. The lowest BCUT2D eigenvalue weighted by molar-refractivity contribution is -0.196. The predicted molar refractivity (Wildman–Crippen MR) is 154 cm³/mol. The fourth-order valence-corrected chi connectivity index (χ4v) is 6.35. The summed E-state index contributed by atoms with van der Waals surface area (Å²) < 4.78 is 31.0. The minimum absolute atomic E-state index is 0.0597. The van der Waals surface area contributed by atoms with E-state index in [9.17, 15) is 20.1 Å². The third-order valence-electron chi connectivity index (χ3n) is 8.75. The van der Waals surface area contributed by atoms with Crippen molar-refractivity contribution in [1.82, 2.24) is 0 Å². The number of fused-ring (bicyclic) bond motifs is 3. The number of carbonyl (C=O) groups is 1. The van der Waals surface area contributed by atoms with Crippen LogP contribution in [0.3, 0.4) is 0 Å². The molecular weight excluding hydrogens is 540 g/mol. The zero-order chi connectivity index (χ0) is 29.1. The highest BCUT2D eigenvalue weighted by Gasteiger charge is 2.43. The lowest BCUT2D eigenvalue weighted by Gasteiger charge is -2.40. The summed E-state index contributed by atoms with van der Waals surface area (Å²) in [6.45, 7) is 0.655. The molecule has 3 N–H and O–H groups in total. The monoisotopic (exact) mass is 580 g/mol. The molecule has 0 aromatic heterocycles. The lowest BCUT2D eigenvalue weighted by Crippen LogP contribution is -2.50. The van der Waals surface area contributed by atoms with Gasteiger partial charge in [-0.2, -0.15) is 0 Å². The first-order valence-corrected chi connectivity index (χ1v) is 15.0. The largest absolute Gasteiger partial charge is 0.394 e. The molecule has 0 amide bonds. The molecule has 0 radical (unpaired) electrons. The van der Waals surface area contributed by atoms with Crippen LogP contribution in [0.1, 0.15) is 37.7 Å². The highest BCUT2D eigenvalue weighted by atomic mass is 16.6. The Morgan fingerprint density at radius 1 is 0.905 bits per heavy atom. The maximum Gasteiger partial charge on any atom is 0.184 e. The molecule has 0 saturated carbocycles. The summed E-state index contributed by atoms with van der Waals surface area (Å²) in [7, 11) is 0. The first-order valence-electron chi connectivity index (χ1n) is 15.0. The number of aliphatic hydroxyl groups excluding tert-OH is 3. The molecule has 4 aliphatic heterocycles. The van der Waals surface area contributed by atoms with E-state index >= 15 is 0 Å². The SMILES string of the molecule is O=C1C=C[C@@H]2O[C@H](CO)[C@@H](O)/C=C\C[C@H]2O[C@H]1C[C@H]1O[C@H]2C[C@@H](OCc3ccc4ccccc4c3)CCO[C@@H]2C[C@@H]1O. The molecule has 6 rings (SSSR count). The quantitative estimate of drug-likeness (QED) is 0.443. The number of hydrogen-bond donors (Lipinski definition) is 3. The van der Waals surface area contributed by atoms with Gasteiger partial charge < -0.3 is 39.0 Å². The van der Waals surface area contributed by atoms with E-state index in [0.29, 0.717) is 32.5 Å². The minimum atomic E-state index is -0.944. The Labute approximate surface area is 245 Å². The van der Waals surface area contributed by atoms with Crippen molar-refractivity contribution >= 4 is 16.6 Å². The first kappa shape index (κ1) is 29.6. The fourth-order valence-electron chi connectivity index (χ4n) is 6.35. The predicted octanol–water partition coefficient (Wildman–Crippen LogP) is 2.77. The molecule has 4 aliphatic rings. The molecule has 2 aromatic rings. The Balaban J connectivity index is 1.08. The molecule has 9 heteroatoms. The van der Waals surface area contributed by atoms with Gasteiger partial charge in [0.25, 0.3) is 0 Å². The smallest absolute Gasteiger partial charge is 0.184 e. The third-order valence-corrected chi connectivity index (χ3v) is 8.75. The molecule has 226 valence electrons. The van der Waals surface area contributed by atoms with E-state index in [1.165, 1.54) is 16.8 Å². The van der Waals surface area contributed by atoms with E-state index < -0.39 is 42.7 Å². The molecule has 10 atom stereocenters. The second kappa shape index (κ2) is 13.4. The van der Waals surface area contributed by atoms with E-state index in [-0.39, 0.29) is 37.1 Å². The van der Waals surface area contributed by atoms with Crippen LogP contribution >= 0.6 is 0 Å². The van der Waals surface area contributed by atoms with E-state index in [1.54, 1.807) is 18.2 Å². The van der Waals surface area contributed by atoms with Gasteiger partial charge in [0, 0.05) is 25.9 Å². The highest BCUT2D eigenvalue weighted by Crippen LogP contribution is 2.33. The van der Waals surface area contributed by atoms with Crippen molar-refractivity contribution in [3.63, 3.8) is 0 Å². The molecule has 4 heterocycles. The summed E-state index contributed by atoms with van der Waals surface area (Å²) in [5.41, 5.74) is 1.11. The number of hydrogen-bond acceptors (Lipinski definition) is 9. The Hall–Kier alpha value is -2.47. The van der Waals surface area contributed by atoms with Crippen molar-refractivity contribution in [3.8, 4) is 0 Å². The number of ether oxygens (including phenoxy) is 5. The van der Waals surface area contributed by atoms with Crippen molar-refractivity contribution < 1.29 is 43.8 Å². The summed E-state index contributed by atoms with van der Waals surface area (Å²) in [6, 6.07) is 14.6. The van der Waals surface area contributed by atoms with Crippen molar-refractivity contribution in [2.24, 2.45) is 0 Å². The zero-order valence-corrected chi connectivity index (χ0v) is 23.6. The first-order chi connectivity index (χ1) is 20.5. The van der Waals surface area contributed by atoms with Crippen LogP contribution in [0.25, 0.3) is 10.8 Å². The summed E-state index contributed by atoms with van der Waals surface area (Å²) >= 11 is 0. The molecule has 0 unspecified atom stereocenters. The van der Waals surface area contributed by atoms with Crippen molar-refractivity contribution in [2.75, 3.05) is 13.2 Å². The Kier molecular flexibility index (Phi) is 9.47. The molecule has 42 heavy (non-hydrogen) atoms. The Morgan fingerprint density at radius 3 is 2.62 bits per heavy atom. The van der Waals surface area contributed by atoms with Gasteiger partial charge >= 0.3 is 0 Å². The molecular formula is C33H40O9. The van der Waals surface area contributed by atoms with Crippen LogP contribution in [0.5, 0.6) is 0 Å². The normalized spacial score (nSPS) is 38.0. The molecule has 0 bridgehead atoms. The van der Waals surface area contributed by atoms with Gasteiger partial charge in [0.1, 0.15) is 24.4 Å². The van der Waals surface area contributed by atoms with Gasteiger partial charge in [-0.05, 0) is 47.4 Å². The van der Waals surface area contributed by atoms with Gasteiger partial charge in [-0.25, -0.2) is 0 Å². The van der Waals surface area contributed by atoms with E-state index in [1.807, 2.05) is 12.1 Å². The number of rotatable bonds is 6. The topological polar surface area (TPSA) is 124 Å². The standard InChI is InChI=1S/C33H40O9/c34-18-33-24(35)6-3-7-27-28(41-33)11-10-25(36)29(40-27)17-30-26(37)16-31-32(42-30)15-23(12-13-38-31)39-19-20-8-9-21-4-1-2-5-22(21)14-20/h1-6,8-11,14,23-24,26-35,37H,7,12-13,15-19H2/b6-3-/t23-,24-,26-,27+,28-,29-,30+,31+,32-,33+/m0/s1. The van der Waals surface area contributed by atoms with Gasteiger partial charge in [-0.3, -0.25) is 4.79 Å². The van der Waals surface area contributed by atoms with Gasteiger partial charge in [0.2, 0.25) is 0 Å². The Bertz CT molecular complexity index is 1280. The summed E-state index contributed by atoms with van der Waals surface area (Å²) in [6.07, 6.45) is 3.16. The second-order valence-corrected chi connectivity index (χ2v) is 11.7. The molecule has 2 saturated heterocycles. The molecule has 0 aliphatic carbocycles. The van der Waals surface area contributed by atoms with Crippen molar-refractivity contribution in [1.29, 1.82) is 0 Å². The third kappa shape index (κ3) is 6.85. The maximum absolute atomic E-state index is 13.1. The molecule has 0 spiro atoms. The van der Waals surface area contributed by atoms with Gasteiger partial charge in [0.05, 0.1) is 49.8 Å². The Morgan fingerprint density at radius 2 is 1.76 bits per heavy atom. The van der Waals surface area contributed by atoms with Crippen LogP contribution < -0.4 is 0 Å². The maximum atomic E-state index is 13.1. The number of ketones is 1. The summed E-state index contributed by atoms with van der Waals surface area (Å²) in [4.78, 5) is 13.1. The van der Waals surface area contributed by atoms with E-state index in [2.05, 4.69) is 30.3 Å². The number of aliphatic hydroxyl groups is 3. The van der Waals surface area contributed by atoms with E-state index in [0.717, 1.165) is 12.0 Å². The lowest BCUT2D eigenvalue weighted by atomic mass is 9.91. The number of carbonyl (C=O) groups excluding carboxylic acids is 1. The average Bonchev–Trinajstić information content (AvgIpc) is 3.27. The minimum Gasteiger partial charge on any atom is -0.394 e. The van der Waals surface area contributed by atoms with Crippen LogP contribution in [0, 0.1) is 0 Å². The fraction of sp³-hybridized carbons (Fsp3) is 0.545. The van der Waals surface area contributed by atoms with Crippen LogP contribution in [0.4, 0.5) is 0 Å². The van der Waals surface area contributed by atoms with Crippen LogP contribution in [-0.2, 0) is 35.1 Å². The van der Waals surface area contributed by atoms with Crippen molar-refractivity contribution in [3.05, 3.63) is 72.3 Å². The van der Waals surface area contributed by atoms with Crippen LogP contribution in [0.15, 0.2) is 66.8 Å².